The van der Waals surface area contributed by atoms with E-state index in [4.69, 9.17) is 11.6 Å². The lowest BCUT2D eigenvalue weighted by atomic mass is 10.1. The second-order valence-electron chi connectivity index (χ2n) is 4.27. The molecule has 0 radical (unpaired) electrons. The molecule has 0 saturated carbocycles. The fourth-order valence-corrected chi connectivity index (χ4v) is 2.84. The number of hydrogen-bond donors (Lipinski definition) is 1. The maximum absolute atomic E-state index is 12.0. The molecule has 5 heteroatoms. The monoisotopic (exact) mass is 295 g/mol. The van der Waals surface area contributed by atoms with Crippen molar-refractivity contribution in [3.63, 3.8) is 0 Å². The summed E-state index contributed by atoms with van der Waals surface area (Å²) in [4.78, 5) is 0.213. The van der Waals surface area contributed by atoms with Gasteiger partial charge < -0.3 is 0 Å². The minimum Gasteiger partial charge on any atom is -0.207 e. The number of sulfonamides is 1. The quantitative estimate of drug-likeness (QED) is 0.942. The Balaban J connectivity index is 2.12. The van der Waals surface area contributed by atoms with Crippen LogP contribution >= 0.6 is 11.6 Å². The SMILES string of the molecule is Cc1cccc(CNS(=O)(=O)c2ccc(Cl)cc2)c1. The van der Waals surface area contributed by atoms with E-state index in [0.717, 1.165) is 11.1 Å². The molecule has 0 bridgehead atoms. The first-order valence-electron chi connectivity index (χ1n) is 5.78. The first kappa shape index (κ1) is 14.1. The Labute approximate surface area is 118 Å². The zero-order chi connectivity index (χ0) is 13.9. The van der Waals surface area contributed by atoms with Crippen molar-refractivity contribution in [1.29, 1.82) is 0 Å². The molecule has 3 nitrogen and oxygen atoms in total. The molecule has 0 amide bonds. The van der Waals surface area contributed by atoms with Gasteiger partial charge in [-0.3, -0.25) is 0 Å². The van der Waals surface area contributed by atoms with E-state index in [2.05, 4.69) is 4.72 Å². The highest BCUT2D eigenvalue weighted by Gasteiger charge is 2.13. The summed E-state index contributed by atoms with van der Waals surface area (Å²) in [5.74, 6) is 0. The highest BCUT2D eigenvalue weighted by molar-refractivity contribution is 7.89. The number of benzene rings is 2. The van der Waals surface area contributed by atoms with Crippen molar-refractivity contribution in [1.82, 2.24) is 4.72 Å². The predicted molar refractivity (Wildman–Crippen MR) is 76.7 cm³/mol. The van der Waals surface area contributed by atoms with Crippen molar-refractivity contribution >= 4 is 21.6 Å². The van der Waals surface area contributed by atoms with E-state index >= 15 is 0 Å². The lowest BCUT2D eigenvalue weighted by Gasteiger charge is -2.07. The average molecular weight is 296 g/mol. The zero-order valence-electron chi connectivity index (χ0n) is 10.4. The molecule has 0 aliphatic carbocycles. The molecule has 2 aromatic rings. The summed E-state index contributed by atoms with van der Waals surface area (Å²) >= 11 is 5.74. The molecule has 0 atom stereocenters. The van der Waals surface area contributed by atoms with E-state index < -0.39 is 10.0 Å². The molecular formula is C14H14ClNO2S. The van der Waals surface area contributed by atoms with Gasteiger partial charge in [-0.1, -0.05) is 41.4 Å². The summed E-state index contributed by atoms with van der Waals surface area (Å²) in [5.41, 5.74) is 2.03. The van der Waals surface area contributed by atoms with Crippen LogP contribution in [0.15, 0.2) is 53.4 Å². The highest BCUT2D eigenvalue weighted by Crippen LogP contribution is 2.14. The van der Waals surface area contributed by atoms with Crippen LogP contribution < -0.4 is 4.72 Å². The van der Waals surface area contributed by atoms with Crippen LogP contribution in [0.2, 0.25) is 5.02 Å². The second-order valence-corrected chi connectivity index (χ2v) is 6.47. The van der Waals surface area contributed by atoms with Gasteiger partial charge in [-0.25, -0.2) is 13.1 Å². The fraction of sp³-hybridized carbons (Fsp3) is 0.143. The zero-order valence-corrected chi connectivity index (χ0v) is 12.0. The molecule has 0 saturated heterocycles. The summed E-state index contributed by atoms with van der Waals surface area (Å²) in [6.45, 7) is 2.24. The Kier molecular flexibility index (Phi) is 4.24. The van der Waals surface area contributed by atoms with E-state index in [-0.39, 0.29) is 11.4 Å². The van der Waals surface area contributed by atoms with E-state index in [1.54, 1.807) is 12.1 Å². The highest BCUT2D eigenvalue weighted by atomic mass is 35.5. The third-order valence-electron chi connectivity index (χ3n) is 2.67. The van der Waals surface area contributed by atoms with Crippen molar-refractivity contribution < 1.29 is 8.42 Å². The topological polar surface area (TPSA) is 46.2 Å². The molecule has 0 spiro atoms. The molecule has 0 aliphatic heterocycles. The smallest absolute Gasteiger partial charge is 0.207 e. The van der Waals surface area contributed by atoms with Crippen molar-refractivity contribution in [3.8, 4) is 0 Å². The van der Waals surface area contributed by atoms with Gasteiger partial charge in [0.25, 0.3) is 0 Å². The van der Waals surface area contributed by atoms with Gasteiger partial charge in [-0.2, -0.15) is 0 Å². The number of nitrogens with one attached hydrogen (secondary N) is 1. The Hall–Kier alpha value is -1.36. The fourth-order valence-electron chi connectivity index (χ4n) is 1.70. The Bertz CT molecular complexity index is 666. The molecule has 1 N–H and O–H groups in total. The van der Waals surface area contributed by atoms with Crippen LogP contribution in [0.4, 0.5) is 0 Å². The molecular weight excluding hydrogens is 282 g/mol. The van der Waals surface area contributed by atoms with Gasteiger partial charge in [0.1, 0.15) is 0 Å². The third-order valence-corrected chi connectivity index (χ3v) is 4.34. The Morgan fingerprint density at radius 1 is 1.11 bits per heavy atom. The number of rotatable bonds is 4. The first-order chi connectivity index (χ1) is 8.97. The average Bonchev–Trinajstić information content (AvgIpc) is 2.37. The van der Waals surface area contributed by atoms with Crippen LogP contribution in [0.5, 0.6) is 0 Å². The molecule has 0 heterocycles. The van der Waals surface area contributed by atoms with Crippen molar-refractivity contribution in [2.24, 2.45) is 0 Å². The predicted octanol–water partition coefficient (Wildman–Crippen LogP) is 3.13. The summed E-state index contributed by atoms with van der Waals surface area (Å²) in [6, 6.07) is 13.8. The third kappa shape index (κ3) is 3.80. The summed E-state index contributed by atoms with van der Waals surface area (Å²) < 4.78 is 26.7. The van der Waals surface area contributed by atoms with Gasteiger partial charge in [0.15, 0.2) is 0 Å². The summed E-state index contributed by atoms with van der Waals surface area (Å²) in [5, 5.41) is 0.512. The maximum Gasteiger partial charge on any atom is 0.240 e. The summed E-state index contributed by atoms with van der Waals surface area (Å²) in [7, 11) is -3.50. The van der Waals surface area contributed by atoms with E-state index in [1.807, 2.05) is 31.2 Å². The van der Waals surface area contributed by atoms with Crippen molar-refractivity contribution in [2.45, 2.75) is 18.4 Å². The van der Waals surface area contributed by atoms with Crippen LogP contribution in [0.25, 0.3) is 0 Å². The molecule has 2 aromatic carbocycles. The second kappa shape index (κ2) is 5.74. The van der Waals surface area contributed by atoms with Gasteiger partial charge >= 0.3 is 0 Å². The van der Waals surface area contributed by atoms with E-state index in [1.165, 1.54) is 12.1 Å². The lowest BCUT2D eigenvalue weighted by molar-refractivity contribution is 0.581. The molecule has 0 aliphatic rings. The Morgan fingerprint density at radius 3 is 2.42 bits per heavy atom. The minimum absolute atomic E-state index is 0.213. The molecule has 100 valence electrons. The normalized spacial score (nSPS) is 11.5. The largest absolute Gasteiger partial charge is 0.240 e. The van der Waals surface area contributed by atoms with Crippen LogP contribution in [-0.2, 0) is 16.6 Å². The van der Waals surface area contributed by atoms with Gasteiger partial charge in [0.2, 0.25) is 10.0 Å². The molecule has 0 unspecified atom stereocenters. The number of aryl methyl sites for hydroxylation is 1. The van der Waals surface area contributed by atoms with Crippen LogP contribution in [0, 0.1) is 6.92 Å². The lowest BCUT2D eigenvalue weighted by Crippen LogP contribution is -2.23. The van der Waals surface area contributed by atoms with Crippen LogP contribution in [-0.4, -0.2) is 8.42 Å². The maximum atomic E-state index is 12.0. The van der Waals surface area contributed by atoms with Gasteiger partial charge in [0, 0.05) is 11.6 Å². The standard InChI is InChI=1S/C14H14ClNO2S/c1-11-3-2-4-12(9-11)10-16-19(17,18)14-7-5-13(15)6-8-14/h2-9,16H,10H2,1H3. The molecule has 19 heavy (non-hydrogen) atoms. The first-order valence-corrected chi connectivity index (χ1v) is 7.64. The molecule has 0 aromatic heterocycles. The van der Waals surface area contributed by atoms with Crippen LogP contribution in [0.1, 0.15) is 11.1 Å². The van der Waals surface area contributed by atoms with Crippen molar-refractivity contribution in [2.75, 3.05) is 0 Å². The Morgan fingerprint density at radius 2 is 1.79 bits per heavy atom. The van der Waals surface area contributed by atoms with Crippen LogP contribution in [0.3, 0.4) is 0 Å². The van der Waals surface area contributed by atoms with Gasteiger partial charge in [-0.05, 0) is 36.8 Å². The number of hydrogen-bond acceptors (Lipinski definition) is 2. The van der Waals surface area contributed by atoms with E-state index in [9.17, 15) is 8.42 Å². The molecule has 2 rings (SSSR count). The van der Waals surface area contributed by atoms with Gasteiger partial charge in [0.05, 0.1) is 4.90 Å². The van der Waals surface area contributed by atoms with E-state index in [0.29, 0.717) is 5.02 Å². The minimum atomic E-state index is -3.50. The summed E-state index contributed by atoms with van der Waals surface area (Å²) in [6.07, 6.45) is 0. The molecule has 0 fully saturated rings. The van der Waals surface area contributed by atoms with Gasteiger partial charge in [-0.15, -0.1) is 0 Å². The number of halogens is 1. The van der Waals surface area contributed by atoms with Crippen molar-refractivity contribution in [3.05, 3.63) is 64.7 Å².